The molecule has 5 nitrogen and oxygen atoms in total. The van der Waals surface area contributed by atoms with Crippen LogP contribution in [0.3, 0.4) is 0 Å². The minimum absolute atomic E-state index is 0.0255. The van der Waals surface area contributed by atoms with Gasteiger partial charge in [-0.15, -0.1) is 0 Å². The molecule has 0 spiro atoms. The largest absolute Gasteiger partial charge is 0.393 e. The third-order valence-corrected chi connectivity index (χ3v) is 4.33. The van der Waals surface area contributed by atoms with Gasteiger partial charge in [0.15, 0.2) is 0 Å². The molecule has 1 aliphatic carbocycles. The highest BCUT2D eigenvalue weighted by atomic mass is 19.1. The van der Waals surface area contributed by atoms with Crippen molar-refractivity contribution in [1.29, 1.82) is 5.26 Å². The molecule has 1 aromatic carbocycles. The van der Waals surface area contributed by atoms with Gasteiger partial charge in [-0.25, -0.2) is 9.18 Å². The van der Waals surface area contributed by atoms with Gasteiger partial charge in [0, 0.05) is 31.6 Å². The predicted molar refractivity (Wildman–Crippen MR) is 83.9 cm³/mol. The Balaban J connectivity index is 1.88. The van der Waals surface area contributed by atoms with E-state index < -0.39 is 5.82 Å². The molecular formula is C17H22FN3O2. The number of carbonyl (C=O) groups is 1. The van der Waals surface area contributed by atoms with Crippen LogP contribution in [0.1, 0.15) is 36.8 Å². The Morgan fingerprint density at radius 2 is 2.22 bits per heavy atom. The fourth-order valence-corrected chi connectivity index (χ4v) is 2.92. The highest BCUT2D eigenvalue weighted by Gasteiger charge is 2.25. The zero-order chi connectivity index (χ0) is 16.8. The first-order valence-corrected chi connectivity index (χ1v) is 7.87. The molecule has 0 aromatic heterocycles. The quantitative estimate of drug-likeness (QED) is 0.894. The van der Waals surface area contributed by atoms with Gasteiger partial charge in [0.05, 0.1) is 17.7 Å². The summed E-state index contributed by atoms with van der Waals surface area (Å²) >= 11 is 0. The zero-order valence-electron chi connectivity index (χ0n) is 13.3. The highest BCUT2D eigenvalue weighted by Crippen LogP contribution is 2.24. The summed E-state index contributed by atoms with van der Waals surface area (Å²) in [5.41, 5.74) is 0.637. The number of hydrogen-bond donors (Lipinski definition) is 2. The average molecular weight is 319 g/mol. The van der Waals surface area contributed by atoms with Crippen LogP contribution in [0.5, 0.6) is 0 Å². The van der Waals surface area contributed by atoms with E-state index >= 15 is 0 Å². The Morgan fingerprint density at radius 3 is 2.91 bits per heavy atom. The second kappa shape index (κ2) is 7.93. The summed E-state index contributed by atoms with van der Waals surface area (Å²) in [6, 6.07) is 5.69. The van der Waals surface area contributed by atoms with Gasteiger partial charge in [-0.05, 0) is 31.0 Å². The molecule has 23 heavy (non-hydrogen) atoms. The van der Waals surface area contributed by atoms with E-state index in [1.54, 1.807) is 7.05 Å². The number of hydrogen-bond acceptors (Lipinski definition) is 3. The van der Waals surface area contributed by atoms with Crippen LogP contribution in [-0.2, 0) is 6.54 Å². The number of amides is 2. The molecule has 1 aliphatic rings. The third-order valence-electron chi connectivity index (χ3n) is 4.33. The molecule has 0 saturated heterocycles. The van der Waals surface area contributed by atoms with Crippen molar-refractivity contribution in [3.05, 3.63) is 35.1 Å². The number of halogens is 1. The molecule has 0 heterocycles. The smallest absolute Gasteiger partial charge is 0.317 e. The van der Waals surface area contributed by atoms with Crippen LogP contribution in [0, 0.1) is 23.1 Å². The van der Waals surface area contributed by atoms with Crippen LogP contribution in [0.4, 0.5) is 9.18 Å². The first-order valence-electron chi connectivity index (χ1n) is 7.87. The minimum Gasteiger partial charge on any atom is -0.393 e. The van der Waals surface area contributed by atoms with Crippen LogP contribution in [0.25, 0.3) is 0 Å². The molecule has 2 atom stereocenters. The van der Waals surface area contributed by atoms with Gasteiger partial charge in [0.2, 0.25) is 0 Å². The molecular weight excluding hydrogens is 297 g/mol. The summed E-state index contributed by atoms with van der Waals surface area (Å²) < 4.78 is 13.7. The molecule has 1 aromatic rings. The number of nitrogens with zero attached hydrogens (tertiary/aromatic N) is 2. The van der Waals surface area contributed by atoms with Crippen molar-refractivity contribution in [3.8, 4) is 6.07 Å². The first kappa shape index (κ1) is 17.2. The monoisotopic (exact) mass is 319 g/mol. The van der Waals surface area contributed by atoms with Gasteiger partial charge in [-0.2, -0.15) is 5.26 Å². The second-order valence-corrected chi connectivity index (χ2v) is 6.07. The fourth-order valence-electron chi connectivity index (χ4n) is 2.92. The molecule has 1 fully saturated rings. The molecule has 6 heteroatoms. The van der Waals surface area contributed by atoms with Crippen molar-refractivity contribution < 1.29 is 14.3 Å². The minimum atomic E-state index is -0.449. The van der Waals surface area contributed by atoms with Gasteiger partial charge >= 0.3 is 6.03 Å². The molecule has 124 valence electrons. The summed E-state index contributed by atoms with van der Waals surface area (Å²) in [4.78, 5) is 13.6. The van der Waals surface area contributed by atoms with Crippen molar-refractivity contribution in [1.82, 2.24) is 10.2 Å². The second-order valence-electron chi connectivity index (χ2n) is 6.07. The number of carbonyl (C=O) groups excluding carboxylic acids is 1. The van der Waals surface area contributed by atoms with Crippen LogP contribution >= 0.6 is 0 Å². The lowest BCUT2D eigenvalue weighted by Gasteiger charge is -2.31. The van der Waals surface area contributed by atoms with Gasteiger partial charge in [-0.3, -0.25) is 0 Å². The summed E-state index contributed by atoms with van der Waals surface area (Å²) in [6.45, 7) is 0.505. The lowest BCUT2D eigenvalue weighted by atomic mass is 9.86. The number of benzene rings is 1. The van der Waals surface area contributed by atoms with E-state index in [9.17, 15) is 14.3 Å². The van der Waals surface area contributed by atoms with E-state index in [0.29, 0.717) is 12.1 Å². The third kappa shape index (κ3) is 4.67. The number of nitriles is 1. The Hall–Kier alpha value is -2.13. The molecule has 2 N–H and O–H groups in total. The summed E-state index contributed by atoms with van der Waals surface area (Å²) in [5.74, 6) is -0.354. The standard InChI is InChI=1S/C17H22FN3O2/c1-21(11-13-4-2-3-5-16(13)22)17(23)20-10-14-8-12(9-19)6-7-15(14)18/h6-8,13,16,22H,2-5,10-11H2,1H3,(H,20,23). The van der Waals surface area contributed by atoms with Crippen LogP contribution in [-0.4, -0.2) is 35.7 Å². The van der Waals surface area contributed by atoms with Crippen LogP contribution in [0.2, 0.25) is 0 Å². The van der Waals surface area contributed by atoms with Gasteiger partial charge in [-0.1, -0.05) is 12.8 Å². The number of rotatable bonds is 4. The zero-order valence-corrected chi connectivity index (χ0v) is 13.3. The Bertz CT molecular complexity index is 600. The predicted octanol–water partition coefficient (Wildman–Crippen LogP) is 2.39. The number of urea groups is 1. The maximum absolute atomic E-state index is 13.7. The highest BCUT2D eigenvalue weighted by molar-refractivity contribution is 5.73. The Labute approximate surface area is 135 Å². The van der Waals surface area contributed by atoms with Crippen molar-refractivity contribution in [2.24, 2.45) is 5.92 Å². The molecule has 2 unspecified atom stereocenters. The van der Waals surface area contributed by atoms with E-state index in [4.69, 9.17) is 5.26 Å². The first-order chi connectivity index (χ1) is 11.0. The molecule has 1 saturated carbocycles. The van der Waals surface area contributed by atoms with Gasteiger partial charge in [0.25, 0.3) is 0 Å². The number of nitrogens with one attached hydrogen (secondary N) is 1. The maximum atomic E-state index is 13.7. The van der Waals surface area contributed by atoms with Gasteiger partial charge in [0.1, 0.15) is 5.82 Å². The maximum Gasteiger partial charge on any atom is 0.317 e. The van der Waals surface area contributed by atoms with Crippen molar-refractivity contribution in [2.75, 3.05) is 13.6 Å². The fraction of sp³-hybridized carbons (Fsp3) is 0.529. The van der Waals surface area contributed by atoms with E-state index in [1.165, 1.54) is 23.1 Å². The number of aliphatic hydroxyl groups is 1. The van der Waals surface area contributed by atoms with Crippen molar-refractivity contribution in [3.63, 3.8) is 0 Å². The SMILES string of the molecule is CN(CC1CCCCC1O)C(=O)NCc1cc(C#N)ccc1F. The Kier molecular flexibility index (Phi) is 5.94. The molecule has 0 aliphatic heterocycles. The van der Waals surface area contributed by atoms with E-state index in [1.807, 2.05) is 6.07 Å². The van der Waals surface area contributed by atoms with Crippen LogP contribution in [0.15, 0.2) is 18.2 Å². The summed E-state index contributed by atoms with van der Waals surface area (Å²) in [6.07, 6.45) is 3.44. The topological polar surface area (TPSA) is 76.4 Å². The van der Waals surface area contributed by atoms with E-state index in [-0.39, 0.29) is 30.2 Å². The van der Waals surface area contributed by atoms with Crippen molar-refractivity contribution >= 4 is 6.03 Å². The molecule has 2 amide bonds. The average Bonchev–Trinajstić information content (AvgIpc) is 2.55. The van der Waals surface area contributed by atoms with Crippen molar-refractivity contribution in [2.45, 2.75) is 38.3 Å². The van der Waals surface area contributed by atoms with E-state index in [2.05, 4.69) is 5.32 Å². The number of aliphatic hydroxyl groups excluding tert-OH is 1. The van der Waals surface area contributed by atoms with E-state index in [0.717, 1.165) is 25.7 Å². The lowest BCUT2D eigenvalue weighted by Crippen LogP contribution is -2.42. The molecule has 0 bridgehead atoms. The summed E-state index contributed by atoms with van der Waals surface area (Å²) in [5, 5.41) is 21.4. The lowest BCUT2D eigenvalue weighted by molar-refractivity contribution is 0.0565. The Morgan fingerprint density at radius 1 is 1.48 bits per heavy atom. The molecule has 2 rings (SSSR count). The molecule has 0 radical (unpaired) electrons. The summed E-state index contributed by atoms with van der Waals surface area (Å²) in [7, 11) is 1.67. The normalized spacial score (nSPS) is 20.6. The van der Waals surface area contributed by atoms with Gasteiger partial charge < -0.3 is 15.3 Å². The van der Waals surface area contributed by atoms with Crippen LogP contribution < -0.4 is 5.32 Å².